The molecule has 2 heterocycles. The molecule has 0 fully saturated rings. The van der Waals surface area contributed by atoms with E-state index in [0.717, 1.165) is 11.1 Å². The van der Waals surface area contributed by atoms with Gasteiger partial charge >= 0.3 is 5.97 Å². The summed E-state index contributed by atoms with van der Waals surface area (Å²) in [5.41, 5.74) is 2.52. The van der Waals surface area contributed by atoms with Crippen molar-refractivity contribution < 1.29 is 9.90 Å². The molecule has 3 aromatic rings. The lowest BCUT2D eigenvalue weighted by Crippen LogP contribution is -2.00. The fourth-order valence-electron chi connectivity index (χ4n) is 2.09. The topological polar surface area (TPSA) is 67.5 Å². The average Bonchev–Trinajstić information content (AvgIpc) is 2.83. The Bertz CT molecular complexity index is 874. The van der Waals surface area contributed by atoms with Gasteiger partial charge in [0.05, 0.1) is 5.56 Å². The second kappa shape index (κ2) is 5.02. The maximum Gasteiger partial charge on any atom is 0.356 e. The van der Waals surface area contributed by atoms with E-state index in [2.05, 4.69) is 10.1 Å². The van der Waals surface area contributed by atoms with Crippen LogP contribution in [-0.2, 0) is 0 Å². The molecule has 0 saturated carbocycles. The summed E-state index contributed by atoms with van der Waals surface area (Å²) in [7, 11) is 0. The average molecular weight is 322 g/mol. The Morgan fingerprint density at radius 1 is 1.29 bits per heavy atom. The molecule has 0 amide bonds. The maximum atomic E-state index is 11.0. The summed E-state index contributed by atoms with van der Waals surface area (Å²) in [6.07, 6.45) is 0. The van der Waals surface area contributed by atoms with E-state index in [4.69, 9.17) is 28.3 Å². The van der Waals surface area contributed by atoms with E-state index in [-0.39, 0.29) is 16.0 Å². The molecular formula is C14H9Cl2N3O2. The zero-order valence-corrected chi connectivity index (χ0v) is 12.4. The van der Waals surface area contributed by atoms with Crippen molar-refractivity contribution in [2.75, 3.05) is 0 Å². The summed E-state index contributed by atoms with van der Waals surface area (Å²) in [6, 6.07) is 8.93. The highest BCUT2D eigenvalue weighted by molar-refractivity contribution is 6.38. The van der Waals surface area contributed by atoms with E-state index in [1.165, 1.54) is 10.6 Å². The van der Waals surface area contributed by atoms with E-state index in [0.29, 0.717) is 11.2 Å². The molecule has 0 aliphatic rings. The third-order valence-corrected chi connectivity index (χ3v) is 3.65. The lowest BCUT2D eigenvalue weighted by molar-refractivity contribution is 0.0690. The van der Waals surface area contributed by atoms with Gasteiger partial charge in [0.15, 0.2) is 11.3 Å². The van der Waals surface area contributed by atoms with E-state index < -0.39 is 5.97 Å². The normalized spacial score (nSPS) is 11.0. The monoisotopic (exact) mass is 321 g/mol. The highest BCUT2D eigenvalue weighted by Crippen LogP contribution is 2.34. The molecule has 1 aromatic carbocycles. The van der Waals surface area contributed by atoms with Crippen molar-refractivity contribution >= 4 is 34.8 Å². The lowest BCUT2D eigenvalue weighted by Gasteiger charge is -2.08. The lowest BCUT2D eigenvalue weighted by atomic mass is 10.1. The molecule has 0 radical (unpaired) electrons. The summed E-state index contributed by atoms with van der Waals surface area (Å²) in [5, 5.41) is 13.3. The zero-order valence-electron chi connectivity index (χ0n) is 10.8. The fraction of sp³-hybridized carbons (Fsp3) is 0.0714. The van der Waals surface area contributed by atoms with Gasteiger partial charge < -0.3 is 5.11 Å². The van der Waals surface area contributed by atoms with Gasteiger partial charge in [-0.15, -0.1) is 0 Å². The van der Waals surface area contributed by atoms with Crippen molar-refractivity contribution in [3.05, 3.63) is 51.9 Å². The van der Waals surface area contributed by atoms with Gasteiger partial charge in [0.25, 0.3) is 0 Å². The predicted octanol–water partition coefficient (Wildman–Crippen LogP) is 3.71. The number of aromatic carboxylic acids is 1. The van der Waals surface area contributed by atoms with Crippen LogP contribution in [0.2, 0.25) is 10.3 Å². The number of carboxylic acids is 1. The maximum absolute atomic E-state index is 11.0. The number of hydrogen-bond acceptors (Lipinski definition) is 3. The Balaban J connectivity index is 2.31. The van der Waals surface area contributed by atoms with Crippen molar-refractivity contribution in [1.29, 1.82) is 0 Å². The van der Waals surface area contributed by atoms with Crippen LogP contribution in [0.25, 0.3) is 16.8 Å². The fourth-order valence-corrected chi connectivity index (χ4v) is 2.74. The molecule has 2 aromatic heterocycles. The van der Waals surface area contributed by atoms with E-state index in [1.807, 2.05) is 31.2 Å². The second-order valence-electron chi connectivity index (χ2n) is 4.54. The molecule has 0 saturated heterocycles. The van der Waals surface area contributed by atoms with Crippen molar-refractivity contribution in [2.45, 2.75) is 6.92 Å². The van der Waals surface area contributed by atoms with Gasteiger partial charge in [-0.05, 0) is 12.5 Å². The molecular weight excluding hydrogens is 313 g/mol. The number of hydrogen-bond donors (Lipinski definition) is 1. The molecule has 21 heavy (non-hydrogen) atoms. The number of benzene rings is 1. The third-order valence-electron chi connectivity index (χ3n) is 3.03. The van der Waals surface area contributed by atoms with Crippen LogP contribution in [0.15, 0.2) is 30.3 Å². The van der Waals surface area contributed by atoms with Gasteiger partial charge in [0, 0.05) is 6.07 Å². The Morgan fingerprint density at radius 3 is 2.71 bits per heavy atom. The first-order valence-electron chi connectivity index (χ1n) is 6.02. The number of aromatic nitrogens is 3. The van der Waals surface area contributed by atoms with Gasteiger partial charge in [0.1, 0.15) is 10.3 Å². The summed E-state index contributed by atoms with van der Waals surface area (Å²) in [4.78, 5) is 15.2. The molecule has 0 aliphatic heterocycles. The second-order valence-corrected chi connectivity index (χ2v) is 5.26. The molecule has 0 unspecified atom stereocenters. The predicted molar refractivity (Wildman–Crippen MR) is 80.1 cm³/mol. The Labute approximate surface area is 129 Å². The van der Waals surface area contributed by atoms with Gasteiger partial charge in [-0.25, -0.2) is 14.3 Å². The number of halogens is 2. The van der Waals surface area contributed by atoms with E-state index >= 15 is 0 Å². The number of nitrogens with zero attached hydrogens (tertiary/aromatic N) is 3. The first-order valence-corrected chi connectivity index (χ1v) is 6.78. The molecule has 0 bridgehead atoms. The van der Waals surface area contributed by atoms with Gasteiger partial charge in [-0.2, -0.15) is 5.10 Å². The van der Waals surface area contributed by atoms with Crippen LogP contribution >= 0.6 is 23.2 Å². The van der Waals surface area contributed by atoms with Crippen LogP contribution in [0.1, 0.15) is 16.1 Å². The first-order chi connectivity index (χ1) is 9.97. The number of rotatable bonds is 2. The molecule has 0 atom stereocenters. The minimum Gasteiger partial charge on any atom is -0.476 e. The molecule has 106 valence electrons. The van der Waals surface area contributed by atoms with Gasteiger partial charge in [-0.3, -0.25) is 0 Å². The van der Waals surface area contributed by atoms with Crippen LogP contribution in [0, 0.1) is 6.92 Å². The third kappa shape index (κ3) is 2.34. The molecule has 3 rings (SSSR count). The van der Waals surface area contributed by atoms with Crippen molar-refractivity contribution in [3.8, 4) is 11.1 Å². The largest absolute Gasteiger partial charge is 0.476 e. The number of carbonyl (C=O) groups is 1. The number of aryl methyl sites for hydroxylation is 1. The van der Waals surface area contributed by atoms with Crippen LogP contribution in [0.5, 0.6) is 0 Å². The highest BCUT2D eigenvalue weighted by Gasteiger charge is 2.18. The molecule has 5 nitrogen and oxygen atoms in total. The summed E-state index contributed by atoms with van der Waals surface area (Å²) < 4.78 is 1.27. The molecule has 1 N–H and O–H groups in total. The number of fused-ring (bicyclic) bond motifs is 1. The smallest absolute Gasteiger partial charge is 0.356 e. The van der Waals surface area contributed by atoms with Crippen LogP contribution in [-0.4, -0.2) is 25.7 Å². The summed E-state index contributed by atoms with van der Waals surface area (Å²) in [5.74, 6) is -1.15. The Hall–Kier alpha value is -2.11. The minimum absolute atomic E-state index is 0.137. The highest BCUT2D eigenvalue weighted by atomic mass is 35.5. The first kappa shape index (κ1) is 13.9. The van der Waals surface area contributed by atoms with Crippen molar-refractivity contribution in [3.63, 3.8) is 0 Å². The van der Waals surface area contributed by atoms with Gasteiger partial charge in [-0.1, -0.05) is 53.0 Å². The quantitative estimate of drug-likeness (QED) is 0.730. The summed E-state index contributed by atoms with van der Waals surface area (Å²) in [6.45, 7) is 1.95. The van der Waals surface area contributed by atoms with E-state index in [1.54, 1.807) is 0 Å². The number of carboxylic acid groups (broad SMARTS) is 1. The molecule has 7 heteroatoms. The van der Waals surface area contributed by atoms with E-state index in [9.17, 15) is 4.79 Å². The Morgan fingerprint density at radius 2 is 2.05 bits per heavy atom. The SMILES string of the molecule is Cc1cccc(-c2c(Cl)nc3cc(C(=O)O)nn3c2Cl)c1. The standard InChI is InChI=1S/C14H9Cl2N3O2/c1-7-3-2-4-8(5-7)11-12(15)17-10-6-9(14(20)21)18-19(10)13(11)16/h2-6H,1H3,(H,20,21). The van der Waals surface area contributed by atoms with Crippen LogP contribution < -0.4 is 0 Å². The molecule has 0 aliphatic carbocycles. The van der Waals surface area contributed by atoms with Gasteiger partial charge in [0.2, 0.25) is 0 Å². The zero-order chi connectivity index (χ0) is 15.1. The minimum atomic E-state index is -1.15. The molecule has 0 spiro atoms. The van der Waals surface area contributed by atoms with Crippen LogP contribution in [0.3, 0.4) is 0 Å². The van der Waals surface area contributed by atoms with Crippen LogP contribution in [0.4, 0.5) is 0 Å². The van der Waals surface area contributed by atoms with Crippen molar-refractivity contribution in [1.82, 2.24) is 14.6 Å². The van der Waals surface area contributed by atoms with Crippen molar-refractivity contribution in [2.24, 2.45) is 0 Å². The summed E-state index contributed by atoms with van der Waals surface area (Å²) >= 11 is 12.5. The Kier molecular flexibility index (Phi) is 3.31.